The first-order chi connectivity index (χ1) is 9.31. The summed E-state index contributed by atoms with van der Waals surface area (Å²) in [6.45, 7) is 9.15. The van der Waals surface area contributed by atoms with Crippen LogP contribution in [-0.2, 0) is 11.3 Å². The Labute approximate surface area is 122 Å². The molecule has 0 fully saturated rings. The highest BCUT2D eigenvalue weighted by atomic mass is 16.5. The summed E-state index contributed by atoms with van der Waals surface area (Å²) in [5, 5.41) is 3.21. The number of rotatable bonds is 6. The monoisotopic (exact) mass is 278 g/mol. The SMILES string of the molecule is CCNC(C)(C)C(=O)N(C)Cc1cc(C)ccc1OC. The second-order valence-corrected chi connectivity index (χ2v) is 5.63. The van der Waals surface area contributed by atoms with E-state index in [1.54, 1.807) is 12.0 Å². The summed E-state index contributed by atoms with van der Waals surface area (Å²) in [5.41, 5.74) is 1.63. The lowest BCUT2D eigenvalue weighted by atomic mass is 10.0. The second-order valence-electron chi connectivity index (χ2n) is 5.63. The summed E-state index contributed by atoms with van der Waals surface area (Å²) in [7, 11) is 3.47. The third-order valence-electron chi connectivity index (χ3n) is 3.34. The fourth-order valence-corrected chi connectivity index (χ4v) is 2.35. The van der Waals surface area contributed by atoms with E-state index in [4.69, 9.17) is 4.74 Å². The van der Waals surface area contributed by atoms with Gasteiger partial charge in [0.2, 0.25) is 5.91 Å². The number of nitrogens with zero attached hydrogens (tertiary/aromatic N) is 1. The number of ether oxygens (including phenoxy) is 1. The number of amides is 1. The number of hydrogen-bond acceptors (Lipinski definition) is 3. The molecule has 4 nitrogen and oxygen atoms in total. The van der Waals surface area contributed by atoms with E-state index in [9.17, 15) is 4.79 Å². The van der Waals surface area contributed by atoms with Crippen molar-refractivity contribution < 1.29 is 9.53 Å². The highest BCUT2D eigenvalue weighted by molar-refractivity contribution is 5.85. The summed E-state index contributed by atoms with van der Waals surface area (Å²) >= 11 is 0. The second kappa shape index (κ2) is 6.75. The van der Waals surface area contributed by atoms with Crippen LogP contribution < -0.4 is 10.1 Å². The summed E-state index contributed by atoms with van der Waals surface area (Å²) in [4.78, 5) is 14.2. The Kier molecular flexibility index (Phi) is 5.57. The highest BCUT2D eigenvalue weighted by Gasteiger charge is 2.29. The molecule has 0 spiro atoms. The molecule has 1 aromatic rings. The molecule has 0 aromatic heterocycles. The minimum Gasteiger partial charge on any atom is -0.496 e. The van der Waals surface area contributed by atoms with E-state index >= 15 is 0 Å². The molecule has 112 valence electrons. The maximum atomic E-state index is 12.5. The predicted octanol–water partition coefficient (Wildman–Crippen LogP) is 2.35. The van der Waals surface area contributed by atoms with Gasteiger partial charge in [-0.25, -0.2) is 0 Å². The van der Waals surface area contributed by atoms with Gasteiger partial charge in [0.1, 0.15) is 5.75 Å². The van der Waals surface area contributed by atoms with Gasteiger partial charge in [-0.15, -0.1) is 0 Å². The van der Waals surface area contributed by atoms with E-state index in [0.29, 0.717) is 6.54 Å². The van der Waals surface area contributed by atoms with Crippen LogP contribution in [0.25, 0.3) is 0 Å². The molecule has 0 bridgehead atoms. The Morgan fingerprint density at radius 3 is 2.60 bits per heavy atom. The van der Waals surface area contributed by atoms with Gasteiger partial charge in [-0.3, -0.25) is 4.79 Å². The average Bonchev–Trinajstić information content (AvgIpc) is 2.38. The van der Waals surface area contributed by atoms with Gasteiger partial charge < -0.3 is 15.0 Å². The molecule has 0 unspecified atom stereocenters. The lowest BCUT2D eigenvalue weighted by Gasteiger charge is -2.30. The number of methoxy groups -OCH3 is 1. The van der Waals surface area contributed by atoms with Crippen LogP contribution in [0.4, 0.5) is 0 Å². The van der Waals surface area contributed by atoms with Gasteiger partial charge in [-0.1, -0.05) is 24.6 Å². The van der Waals surface area contributed by atoms with Crippen molar-refractivity contribution in [3.8, 4) is 5.75 Å². The van der Waals surface area contributed by atoms with Gasteiger partial charge >= 0.3 is 0 Å². The lowest BCUT2D eigenvalue weighted by molar-refractivity contribution is -0.136. The molecule has 4 heteroatoms. The fourth-order valence-electron chi connectivity index (χ4n) is 2.35. The van der Waals surface area contributed by atoms with E-state index in [1.807, 2.05) is 46.9 Å². The number of aryl methyl sites for hydroxylation is 1. The summed E-state index contributed by atoms with van der Waals surface area (Å²) in [6.07, 6.45) is 0. The fraction of sp³-hybridized carbons (Fsp3) is 0.562. The minimum atomic E-state index is -0.555. The quantitative estimate of drug-likeness (QED) is 0.868. The van der Waals surface area contributed by atoms with Crippen molar-refractivity contribution in [1.82, 2.24) is 10.2 Å². The van der Waals surface area contributed by atoms with Crippen LogP contribution in [0.5, 0.6) is 5.75 Å². The molecule has 1 amide bonds. The summed E-state index contributed by atoms with van der Waals surface area (Å²) in [6, 6.07) is 6.01. The molecule has 1 aromatic carbocycles. The minimum absolute atomic E-state index is 0.0721. The Hall–Kier alpha value is -1.55. The first kappa shape index (κ1) is 16.5. The molecule has 20 heavy (non-hydrogen) atoms. The molecule has 0 aliphatic rings. The maximum Gasteiger partial charge on any atom is 0.242 e. The van der Waals surface area contributed by atoms with Gasteiger partial charge in [0.15, 0.2) is 0 Å². The number of nitrogens with one attached hydrogen (secondary N) is 1. The third kappa shape index (κ3) is 3.97. The molecule has 1 rings (SSSR count). The van der Waals surface area contributed by atoms with E-state index in [2.05, 4.69) is 11.4 Å². The molecular formula is C16H26N2O2. The lowest BCUT2D eigenvalue weighted by Crippen LogP contribution is -2.52. The summed E-state index contributed by atoms with van der Waals surface area (Å²) in [5.74, 6) is 0.888. The zero-order chi connectivity index (χ0) is 15.3. The third-order valence-corrected chi connectivity index (χ3v) is 3.34. The van der Waals surface area contributed by atoms with Gasteiger partial charge in [0.05, 0.1) is 12.6 Å². The van der Waals surface area contributed by atoms with Crippen LogP contribution in [0.1, 0.15) is 31.9 Å². The molecule has 0 aliphatic heterocycles. The predicted molar refractivity (Wildman–Crippen MR) is 82.0 cm³/mol. The van der Waals surface area contributed by atoms with Crippen LogP contribution in [0.15, 0.2) is 18.2 Å². The van der Waals surface area contributed by atoms with Crippen molar-refractivity contribution in [2.45, 2.75) is 39.8 Å². The first-order valence-corrected chi connectivity index (χ1v) is 6.96. The molecule has 0 saturated carbocycles. The van der Waals surface area contributed by atoms with Gasteiger partial charge in [0, 0.05) is 19.2 Å². The van der Waals surface area contributed by atoms with Crippen LogP contribution in [-0.4, -0.2) is 37.0 Å². The van der Waals surface area contributed by atoms with Crippen molar-refractivity contribution in [2.75, 3.05) is 20.7 Å². The van der Waals surface area contributed by atoms with Crippen molar-refractivity contribution >= 4 is 5.91 Å². The number of carbonyl (C=O) groups is 1. The molecule has 0 atom stereocenters. The average molecular weight is 278 g/mol. The van der Waals surface area contributed by atoms with Gasteiger partial charge in [-0.05, 0) is 33.4 Å². The number of carbonyl (C=O) groups excluding carboxylic acids is 1. The van der Waals surface area contributed by atoms with E-state index in [1.165, 1.54) is 0 Å². The van der Waals surface area contributed by atoms with Crippen LogP contribution >= 0.6 is 0 Å². The first-order valence-electron chi connectivity index (χ1n) is 6.96. The Morgan fingerprint density at radius 1 is 1.40 bits per heavy atom. The standard InChI is InChI=1S/C16H26N2O2/c1-7-17-16(3,4)15(19)18(5)11-13-10-12(2)8-9-14(13)20-6/h8-10,17H,7,11H2,1-6H3. The van der Waals surface area contributed by atoms with Crippen molar-refractivity contribution in [3.05, 3.63) is 29.3 Å². The molecule has 0 saturated heterocycles. The highest BCUT2D eigenvalue weighted by Crippen LogP contribution is 2.22. The van der Waals surface area contributed by atoms with Gasteiger partial charge in [0.25, 0.3) is 0 Å². The van der Waals surface area contributed by atoms with Crippen molar-refractivity contribution in [3.63, 3.8) is 0 Å². The largest absolute Gasteiger partial charge is 0.496 e. The normalized spacial score (nSPS) is 11.3. The number of likely N-dealkylation sites (N-methyl/N-ethyl adjacent to an activating group) is 2. The van der Waals surface area contributed by atoms with E-state index < -0.39 is 5.54 Å². The maximum absolute atomic E-state index is 12.5. The Bertz CT molecular complexity index is 470. The van der Waals surface area contributed by atoms with Crippen molar-refractivity contribution in [1.29, 1.82) is 0 Å². The molecule has 1 N–H and O–H groups in total. The van der Waals surface area contributed by atoms with E-state index in [0.717, 1.165) is 23.4 Å². The topological polar surface area (TPSA) is 41.6 Å². The Morgan fingerprint density at radius 2 is 2.05 bits per heavy atom. The number of benzene rings is 1. The van der Waals surface area contributed by atoms with Crippen LogP contribution in [0.3, 0.4) is 0 Å². The molecule has 0 radical (unpaired) electrons. The van der Waals surface area contributed by atoms with Crippen LogP contribution in [0.2, 0.25) is 0 Å². The van der Waals surface area contributed by atoms with Gasteiger partial charge in [-0.2, -0.15) is 0 Å². The van der Waals surface area contributed by atoms with Crippen LogP contribution in [0, 0.1) is 6.92 Å². The zero-order valence-corrected chi connectivity index (χ0v) is 13.4. The molecular weight excluding hydrogens is 252 g/mol. The zero-order valence-electron chi connectivity index (χ0n) is 13.4. The molecule has 0 aliphatic carbocycles. The summed E-state index contributed by atoms with van der Waals surface area (Å²) < 4.78 is 5.36. The smallest absolute Gasteiger partial charge is 0.242 e. The van der Waals surface area contributed by atoms with E-state index in [-0.39, 0.29) is 5.91 Å². The van der Waals surface area contributed by atoms with Crippen molar-refractivity contribution in [2.24, 2.45) is 0 Å². The Balaban J connectivity index is 2.88. The molecule has 0 heterocycles. The number of hydrogen-bond donors (Lipinski definition) is 1.